The Bertz CT molecular complexity index is 1040. The van der Waals surface area contributed by atoms with E-state index in [1.807, 2.05) is 6.07 Å². The molecule has 0 bridgehead atoms. The molecule has 0 amide bonds. The largest absolute Gasteiger partial charge is 0.504 e. The number of rotatable bonds is 13. The highest BCUT2D eigenvalue weighted by molar-refractivity contribution is 5.73. The molecule has 0 radical (unpaired) electrons. The molecule has 3 rings (SSSR count). The lowest BCUT2D eigenvalue weighted by atomic mass is 9.98. The van der Waals surface area contributed by atoms with E-state index >= 15 is 0 Å². The molecule has 1 aliphatic carbocycles. The first-order chi connectivity index (χ1) is 17.8. The number of benzene rings is 2. The van der Waals surface area contributed by atoms with Gasteiger partial charge in [-0.15, -0.1) is 0 Å². The summed E-state index contributed by atoms with van der Waals surface area (Å²) in [4.78, 5) is 24.8. The highest BCUT2D eigenvalue weighted by Crippen LogP contribution is 2.30. The van der Waals surface area contributed by atoms with Gasteiger partial charge >= 0.3 is 11.9 Å². The van der Waals surface area contributed by atoms with Gasteiger partial charge in [0.1, 0.15) is 12.2 Å². The van der Waals surface area contributed by atoms with E-state index in [4.69, 9.17) is 18.9 Å². The van der Waals surface area contributed by atoms with E-state index < -0.39 is 18.2 Å². The van der Waals surface area contributed by atoms with Gasteiger partial charge < -0.3 is 29.2 Å². The van der Waals surface area contributed by atoms with Crippen LogP contribution in [0.4, 0.5) is 0 Å². The average Bonchev–Trinajstić information content (AvgIpc) is 3.42. The summed E-state index contributed by atoms with van der Waals surface area (Å²) in [5.74, 6) is 0.248. The summed E-state index contributed by atoms with van der Waals surface area (Å²) >= 11 is 0. The van der Waals surface area contributed by atoms with Crippen molar-refractivity contribution in [3.63, 3.8) is 0 Å². The van der Waals surface area contributed by atoms with Crippen molar-refractivity contribution in [1.82, 2.24) is 0 Å². The number of hydrogen-bond acceptors (Lipinski definition) is 8. The van der Waals surface area contributed by atoms with Crippen LogP contribution >= 0.6 is 0 Å². The lowest BCUT2D eigenvalue weighted by molar-refractivity contribution is -0.158. The molecule has 0 aromatic heterocycles. The molecule has 2 N–H and O–H groups in total. The predicted octanol–water partition coefficient (Wildman–Crippen LogP) is 5.10. The zero-order chi connectivity index (χ0) is 26.8. The van der Waals surface area contributed by atoms with Gasteiger partial charge in [-0.3, -0.25) is 9.59 Å². The van der Waals surface area contributed by atoms with E-state index in [9.17, 15) is 19.8 Å². The number of carbonyl (C=O) groups is 2. The number of ether oxygens (including phenoxy) is 4. The third kappa shape index (κ3) is 8.58. The minimum Gasteiger partial charge on any atom is -0.504 e. The molecular formula is C29H38O8. The monoisotopic (exact) mass is 514 g/mol. The van der Waals surface area contributed by atoms with Crippen molar-refractivity contribution >= 4 is 11.9 Å². The van der Waals surface area contributed by atoms with Gasteiger partial charge in [-0.25, -0.2) is 0 Å². The maximum atomic E-state index is 12.9. The molecule has 1 fully saturated rings. The van der Waals surface area contributed by atoms with Crippen LogP contribution < -0.4 is 9.47 Å². The van der Waals surface area contributed by atoms with Crippen LogP contribution in [-0.4, -0.2) is 48.6 Å². The minimum atomic E-state index is -0.451. The molecule has 0 heterocycles. The summed E-state index contributed by atoms with van der Waals surface area (Å²) in [5, 5.41) is 19.8. The van der Waals surface area contributed by atoms with Crippen LogP contribution in [0.3, 0.4) is 0 Å². The Labute approximate surface area is 218 Å². The molecule has 0 spiro atoms. The first-order valence-corrected chi connectivity index (χ1v) is 12.9. The third-order valence-electron chi connectivity index (χ3n) is 6.83. The topological polar surface area (TPSA) is 112 Å². The van der Waals surface area contributed by atoms with Crippen molar-refractivity contribution in [2.45, 2.75) is 76.9 Å². The number of esters is 2. The normalized spacial score (nSPS) is 15.1. The quantitative estimate of drug-likeness (QED) is 0.355. The molecule has 0 unspecified atom stereocenters. The van der Waals surface area contributed by atoms with Crippen LogP contribution in [0.5, 0.6) is 23.0 Å². The Morgan fingerprint density at radius 3 is 1.78 bits per heavy atom. The first-order valence-electron chi connectivity index (χ1n) is 12.9. The minimum absolute atomic E-state index is 0.0625. The van der Waals surface area contributed by atoms with Gasteiger partial charge in [-0.1, -0.05) is 25.0 Å². The Balaban J connectivity index is 1.71. The Hall–Kier alpha value is -3.42. The molecule has 8 nitrogen and oxygen atoms in total. The Kier molecular flexibility index (Phi) is 10.5. The Morgan fingerprint density at radius 2 is 1.32 bits per heavy atom. The van der Waals surface area contributed by atoms with Gasteiger partial charge in [0.05, 0.1) is 20.1 Å². The molecule has 2 aromatic rings. The van der Waals surface area contributed by atoms with E-state index in [-0.39, 0.29) is 23.4 Å². The van der Waals surface area contributed by atoms with Gasteiger partial charge in [-0.05, 0) is 73.9 Å². The maximum absolute atomic E-state index is 12.9. The summed E-state index contributed by atoms with van der Waals surface area (Å²) in [6.07, 6.45) is 5.49. The van der Waals surface area contributed by atoms with E-state index in [1.165, 1.54) is 21.1 Å². The number of phenols is 2. The molecule has 2 atom stereocenters. The van der Waals surface area contributed by atoms with Crippen molar-refractivity contribution in [1.29, 1.82) is 0 Å². The van der Waals surface area contributed by atoms with Crippen molar-refractivity contribution < 1.29 is 38.7 Å². The zero-order valence-electron chi connectivity index (χ0n) is 21.9. The van der Waals surface area contributed by atoms with Crippen LogP contribution in [0.2, 0.25) is 0 Å². The fraction of sp³-hybridized carbons (Fsp3) is 0.517. The Morgan fingerprint density at radius 1 is 0.838 bits per heavy atom. The standard InChI is InChI=1S/C29H38O8/c1-19(30)36-23(12-8-20-10-14-25(31)27(16-20)34-2)18-24(37-29(33)22-6-4-5-7-22)13-9-21-11-15-26(32)28(17-21)35-3/h10-11,14-17,22-24,31-32H,4-9,12-13,18H2,1-3H3/t23-,24-/m0/s1. The van der Waals surface area contributed by atoms with Crippen molar-refractivity contribution in [3.05, 3.63) is 47.5 Å². The first kappa shape index (κ1) is 28.2. The van der Waals surface area contributed by atoms with Gasteiger partial charge in [0.2, 0.25) is 0 Å². The highest BCUT2D eigenvalue weighted by atomic mass is 16.6. The van der Waals surface area contributed by atoms with Crippen molar-refractivity contribution in [2.75, 3.05) is 14.2 Å². The van der Waals surface area contributed by atoms with Crippen molar-refractivity contribution in [3.8, 4) is 23.0 Å². The molecule has 202 valence electrons. The second-order valence-electron chi connectivity index (χ2n) is 9.60. The lowest BCUT2D eigenvalue weighted by Crippen LogP contribution is -2.29. The number of aromatic hydroxyl groups is 2. The van der Waals surface area contributed by atoms with E-state index in [1.54, 1.807) is 30.3 Å². The number of aryl methyl sites for hydroxylation is 2. The smallest absolute Gasteiger partial charge is 0.309 e. The van der Waals surface area contributed by atoms with E-state index in [2.05, 4.69) is 0 Å². The zero-order valence-corrected chi connectivity index (χ0v) is 21.9. The van der Waals surface area contributed by atoms with Crippen molar-refractivity contribution in [2.24, 2.45) is 5.92 Å². The molecule has 37 heavy (non-hydrogen) atoms. The molecule has 2 aromatic carbocycles. The number of hydrogen-bond donors (Lipinski definition) is 2. The second-order valence-corrected chi connectivity index (χ2v) is 9.60. The number of methoxy groups -OCH3 is 2. The van der Waals surface area contributed by atoms with Gasteiger partial charge in [0.25, 0.3) is 0 Å². The third-order valence-corrected chi connectivity index (χ3v) is 6.83. The molecule has 0 saturated heterocycles. The van der Waals surface area contributed by atoms with Crippen LogP contribution in [0.15, 0.2) is 36.4 Å². The number of carbonyl (C=O) groups excluding carboxylic acids is 2. The van der Waals surface area contributed by atoms with Gasteiger partial charge in [0.15, 0.2) is 23.0 Å². The van der Waals surface area contributed by atoms with Crippen LogP contribution in [-0.2, 0) is 31.9 Å². The highest BCUT2D eigenvalue weighted by Gasteiger charge is 2.28. The van der Waals surface area contributed by atoms with E-state index in [0.29, 0.717) is 43.6 Å². The van der Waals surface area contributed by atoms with Crippen LogP contribution in [0.1, 0.15) is 63.0 Å². The summed E-state index contributed by atoms with van der Waals surface area (Å²) in [6.45, 7) is 1.37. The summed E-state index contributed by atoms with van der Waals surface area (Å²) in [7, 11) is 2.99. The van der Waals surface area contributed by atoms with Crippen LogP contribution in [0.25, 0.3) is 0 Å². The fourth-order valence-corrected chi connectivity index (χ4v) is 4.81. The lowest BCUT2D eigenvalue weighted by Gasteiger charge is -2.25. The van der Waals surface area contributed by atoms with Gasteiger partial charge in [-0.2, -0.15) is 0 Å². The molecule has 8 heteroatoms. The molecule has 1 saturated carbocycles. The fourth-order valence-electron chi connectivity index (χ4n) is 4.81. The predicted molar refractivity (Wildman–Crippen MR) is 138 cm³/mol. The summed E-state index contributed by atoms with van der Waals surface area (Å²) in [5.41, 5.74) is 1.87. The molecular weight excluding hydrogens is 476 g/mol. The summed E-state index contributed by atoms with van der Waals surface area (Å²) in [6, 6.07) is 10.3. The maximum Gasteiger partial charge on any atom is 0.309 e. The summed E-state index contributed by atoms with van der Waals surface area (Å²) < 4.78 is 22.0. The van der Waals surface area contributed by atoms with Crippen LogP contribution in [0, 0.1) is 5.92 Å². The SMILES string of the molecule is COc1cc(CC[C@@H](C[C@H](CCc2ccc(O)c(OC)c2)OC(=O)C2CCCC2)OC(C)=O)ccc1O. The second kappa shape index (κ2) is 13.8. The number of phenolic OH excluding ortho intramolecular Hbond substituents is 2. The molecule has 0 aliphatic heterocycles. The molecule has 1 aliphatic rings. The van der Waals surface area contributed by atoms with Gasteiger partial charge in [0, 0.05) is 13.3 Å². The van der Waals surface area contributed by atoms with E-state index in [0.717, 1.165) is 36.8 Å². The average molecular weight is 515 g/mol.